The molecule has 1 aromatic rings. The third-order valence-electron chi connectivity index (χ3n) is 3.64. The Morgan fingerprint density at radius 3 is 2.38 bits per heavy atom. The van der Waals surface area contributed by atoms with Crippen molar-refractivity contribution in [2.45, 2.75) is 40.7 Å². The summed E-state index contributed by atoms with van der Waals surface area (Å²) in [6.45, 7) is 10.7. The molecule has 0 saturated heterocycles. The summed E-state index contributed by atoms with van der Waals surface area (Å²) in [4.78, 5) is 26.0. The number of carbonyl (C=O) groups is 2. The van der Waals surface area contributed by atoms with Crippen LogP contribution in [0.3, 0.4) is 0 Å². The van der Waals surface area contributed by atoms with Crippen LogP contribution >= 0.6 is 0 Å². The molecule has 1 atom stereocenters. The number of methoxy groups -OCH3 is 1. The second kappa shape index (κ2) is 10.6. The minimum Gasteiger partial charge on any atom is -0.491 e. The zero-order valence-corrected chi connectivity index (χ0v) is 16.7. The van der Waals surface area contributed by atoms with Gasteiger partial charge in [0.15, 0.2) is 0 Å². The van der Waals surface area contributed by atoms with Crippen LogP contribution in [0, 0.1) is 11.8 Å². The van der Waals surface area contributed by atoms with Gasteiger partial charge in [0.1, 0.15) is 5.75 Å². The van der Waals surface area contributed by atoms with E-state index in [2.05, 4.69) is 0 Å². The zero-order chi connectivity index (χ0) is 19.7. The SMILES string of the molecule is COC(=O)C(C)CN(CC(C)C)C(=O)/C=C/c1cccc(OC(C)C)c1. The summed E-state index contributed by atoms with van der Waals surface area (Å²) in [5, 5.41) is 0. The van der Waals surface area contributed by atoms with Crippen LogP contribution < -0.4 is 4.74 Å². The summed E-state index contributed by atoms with van der Waals surface area (Å²) in [5.74, 6) is 0.283. The minimum absolute atomic E-state index is 0.0946. The number of rotatable bonds is 9. The molecule has 1 rings (SSSR count). The largest absolute Gasteiger partial charge is 0.491 e. The van der Waals surface area contributed by atoms with E-state index in [0.717, 1.165) is 11.3 Å². The Kier molecular flexibility index (Phi) is 8.90. The van der Waals surface area contributed by atoms with Crippen molar-refractivity contribution >= 4 is 18.0 Å². The fraction of sp³-hybridized carbons (Fsp3) is 0.524. The number of benzene rings is 1. The van der Waals surface area contributed by atoms with Gasteiger partial charge in [0.25, 0.3) is 0 Å². The fourth-order valence-corrected chi connectivity index (χ4v) is 2.54. The lowest BCUT2D eigenvalue weighted by Gasteiger charge is -2.25. The average Bonchev–Trinajstić information content (AvgIpc) is 2.57. The zero-order valence-electron chi connectivity index (χ0n) is 16.7. The van der Waals surface area contributed by atoms with Crippen LogP contribution in [-0.4, -0.2) is 43.1 Å². The second-order valence-electron chi connectivity index (χ2n) is 7.13. The monoisotopic (exact) mass is 361 g/mol. The number of amides is 1. The highest BCUT2D eigenvalue weighted by Crippen LogP contribution is 2.16. The molecule has 0 aliphatic carbocycles. The molecule has 5 heteroatoms. The molecule has 1 amide bonds. The van der Waals surface area contributed by atoms with Crippen molar-refractivity contribution in [2.75, 3.05) is 20.2 Å². The number of hydrogen-bond acceptors (Lipinski definition) is 4. The van der Waals surface area contributed by atoms with Gasteiger partial charge in [0, 0.05) is 19.2 Å². The van der Waals surface area contributed by atoms with E-state index in [1.54, 1.807) is 24.0 Å². The first-order valence-corrected chi connectivity index (χ1v) is 9.04. The van der Waals surface area contributed by atoms with E-state index < -0.39 is 0 Å². The Balaban J connectivity index is 2.84. The summed E-state index contributed by atoms with van der Waals surface area (Å²) in [5.41, 5.74) is 0.891. The first-order chi connectivity index (χ1) is 12.2. The van der Waals surface area contributed by atoms with Crippen LogP contribution in [0.1, 0.15) is 40.2 Å². The van der Waals surface area contributed by atoms with E-state index in [1.165, 1.54) is 7.11 Å². The van der Waals surface area contributed by atoms with Crippen molar-refractivity contribution in [1.82, 2.24) is 4.90 Å². The number of carbonyl (C=O) groups excluding carboxylic acids is 2. The Labute approximate surface area is 157 Å². The van der Waals surface area contributed by atoms with Crippen LogP contribution in [0.4, 0.5) is 0 Å². The van der Waals surface area contributed by atoms with Gasteiger partial charge in [-0.25, -0.2) is 0 Å². The topological polar surface area (TPSA) is 55.8 Å². The Morgan fingerprint density at radius 1 is 1.12 bits per heavy atom. The molecular weight excluding hydrogens is 330 g/mol. The van der Waals surface area contributed by atoms with E-state index in [9.17, 15) is 9.59 Å². The second-order valence-corrected chi connectivity index (χ2v) is 7.13. The Hall–Kier alpha value is -2.30. The summed E-state index contributed by atoms with van der Waals surface area (Å²) in [7, 11) is 1.36. The third kappa shape index (κ3) is 7.72. The van der Waals surface area contributed by atoms with Crippen molar-refractivity contribution in [3.8, 4) is 5.75 Å². The molecule has 1 aromatic carbocycles. The van der Waals surface area contributed by atoms with E-state index in [1.807, 2.05) is 52.0 Å². The van der Waals surface area contributed by atoms with Crippen molar-refractivity contribution < 1.29 is 19.1 Å². The first-order valence-electron chi connectivity index (χ1n) is 9.04. The molecule has 0 heterocycles. The van der Waals surface area contributed by atoms with Gasteiger partial charge < -0.3 is 14.4 Å². The minimum atomic E-state index is -0.362. The van der Waals surface area contributed by atoms with Crippen LogP contribution in [0.5, 0.6) is 5.75 Å². The smallest absolute Gasteiger partial charge is 0.310 e. The van der Waals surface area contributed by atoms with Gasteiger partial charge in [0.05, 0.1) is 19.1 Å². The molecule has 144 valence electrons. The van der Waals surface area contributed by atoms with Crippen molar-refractivity contribution in [3.63, 3.8) is 0 Å². The van der Waals surface area contributed by atoms with Crippen LogP contribution in [0.2, 0.25) is 0 Å². The number of nitrogens with zero attached hydrogens (tertiary/aromatic N) is 1. The van der Waals surface area contributed by atoms with Crippen LogP contribution in [0.25, 0.3) is 6.08 Å². The molecule has 0 aliphatic rings. The molecule has 0 N–H and O–H groups in total. The third-order valence-corrected chi connectivity index (χ3v) is 3.64. The van der Waals surface area contributed by atoms with Gasteiger partial charge in [-0.05, 0) is 43.5 Å². The van der Waals surface area contributed by atoms with Crippen LogP contribution in [0.15, 0.2) is 30.3 Å². The summed E-state index contributed by atoms with van der Waals surface area (Å²) >= 11 is 0. The quantitative estimate of drug-likeness (QED) is 0.496. The van der Waals surface area contributed by atoms with Crippen molar-refractivity contribution in [3.05, 3.63) is 35.9 Å². The highest BCUT2D eigenvalue weighted by atomic mass is 16.5. The molecule has 26 heavy (non-hydrogen) atoms. The molecule has 1 unspecified atom stereocenters. The maximum Gasteiger partial charge on any atom is 0.310 e. The maximum atomic E-state index is 12.6. The van der Waals surface area contributed by atoms with Crippen molar-refractivity contribution in [2.24, 2.45) is 11.8 Å². The predicted octanol–water partition coefficient (Wildman–Crippen LogP) is 3.78. The molecule has 0 radical (unpaired) electrons. The number of hydrogen-bond donors (Lipinski definition) is 0. The lowest BCUT2D eigenvalue weighted by molar-refractivity contribution is -0.146. The van der Waals surface area contributed by atoms with Gasteiger partial charge in [-0.15, -0.1) is 0 Å². The molecular formula is C21H31NO4. The maximum absolute atomic E-state index is 12.6. The van der Waals surface area contributed by atoms with Gasteiger partial charge in [-0.2, -0.15) is 0 Å². The predicted molar refractivity (Wildman–Crippen MR) is 104 cm³/mol. The van der Waals surface area contributed by atoms with E-state index in [0.29, 0.717) is 19.0 Å². The van der Waals surface area contributed by atoms with E-state index >= 15 is 0 Å². The average molecular weight is 361 g/mol. The molecule has 0 aromatic heterocycles. The van der Waals surface area contributed by atoms with Gasteiger partial charge in [0.2, 0.25) is 5.91 Å². The first kappa shape index (κ1) is 21.7. The summed E-state index contributed by atoms with van der Waals surface area (Å²) in [6, 6.07) is 7.60. The number of ether oxygens (including phenoxy) is 2. The molecule has 5 nitrogen and oxygen atoms in total. The van der Waals surface area contributed by atoms with Gasteiger partial charge in [-0.3, -0.25) is 9.59 Å². The Morgan fingerprint density at radius 2 is 1.81 bits per heavy atom. The van der Waals surface area contributed by atoms with Crippen LogP contribution in [-0.2, 0) is 14.3 Å². The van der Waals surface area contributed by atoms with E-state index in [-0.39, 0.29) is 23.9 Å². The molecule has 0 fully saturated rings. The molecule has 0 bridgehead atoms. The molecule has 0 saturated carbocycles. The highest BCUT2D eigenvalue weighted by molar-refractivity contribution is 5.92. The van der Waals surface area contributed by atoms with E-state index in [4.69, 9.17) is 9.47 Å². The molecule has 0 spiro atoms. The standard InChI is InChI=1S/C21H31NO4/c1-15(2)13-22(14-17(5)21(24)25-6)20(23)11-10-18-8-7-9-19(12-18)26-16(3)4/h7-12,15-17H,13-14H2,1-6H3/b11-10+. The number of esters is 1. The summed E-state index contributed by atoms with van der Waals surface area (Å²) < 4.78 is 10.4. The van der Waals surface area contributed by atoms with Crippen molar-refractivity contribution in [1.29, 1.82) is 0 Å². The lowest BCUT2D eigenvalue weighted by Crippen LogP contribution is -2.38. The van der Waals surface area contributed by atoms with Gasteiger partial charge >= 0.3 is 5.97 Å². The summed E-state index contributed by atoms with van der Waals surface area (Å²) in [6.07, 6.45) is 3.41. The normalized spacial score (nSPS) is 12.5. The highest BCUT2D eigenvalue weighted by Gasteiger charge is 2.20. The molecule has 0 aliphatic heterocycles. The lowest BCUT2D eigenvalue weighted by atomic mass is 10.1. The van der Waals surface area contributed by atoms with Gasteiger partial charge in [-0.1, -0.05) is 32.9 Å². The fourth-order valence-electron chi connectivity index (χ4n) is 2.54. The Bertz CT molecular complexity index is 622.